The Labute approximate surface area is 101 Å². The van der Waals surface area contributed by atoms with E-state index in [2.05, 4.69) is 17.5 Å². The second-order valence-corrected chi connectivity index (χ2v) is 5.19. The molecule has 0 bridgehead atoms. The zero-order valence-corrected chi connectivity index (χ0v) is 9.95. The Kier molecular flexibility index (Phi) is 3.50. The molecule has 4 heteroatoms. The molecule has 0 aromatic heterocycles. The molecule has 2 aliphatic rings. The van der Waals surface area contributed by atoms with Crippen LogP contribution in [0, 0.1) is 11.3 Å². The first-order chi connectivity index (χ1) is 8.12. The molecular formula is C13H19NO3. The van der Waals surface area contributed by atoms with Gasteiger partial charge in [0.1, 0.15) is 0 Å². The van der Waals surface area contributed by atoms with Crippen LogP contribution in [-0.4, -0.2) is 23.5 Å². The molecule has 2 N–H and O–H groups in total. The van der Waals surface area contributed by atoms with Gasteiger partial charge in [-0.2, -0.15) is 0 Å². The van der Waals surface area contributed by atoms with Gasteiger partial charge in [-0.25, -0.2) is 0 Å². The van der Waals surface area contributed by atoms with Crippen molar-refractivity contribution in [3.05, 3.63) is 12.2 Å². The van der Waals surface area contributed by atoms with Crippen molar-refractivity contribution in [2.45, 2.75) is 38.5 Å². The number of hydrogen-bond donors (Lipinski definition) is 2. The third-order valence-electron chi connectivity index (χ3n) is 3.95. The van der Waals surface area contributed by atoms with Gasteiger partial charge in [0, 0.05) is 13.0 Å². The van der Waals surface area contributed by atoms with Crippen molar-refractivity contribution in [1.29, 1.82) is 0 Å². The number of hydrogen-bond acceptors (Lipinski definition) is 2. The van der Waals surface area contributed by atoms with Crippen LogP contribution in [0.3, 0.4) is 0 Å². The van der Waals surface area contributed by atoms with Crippen LogP contribution in [0.1, 0.15) is 38.5 Å². The second-order valence-electron chi connectivity index (χ2n) is 5.19. The maximum atomic E-state index is 11.7. The molecule has 0 saturated heterocycles. The summed E-state index contributed by atoms with van der Waals surface area (Å²) in [6.45, 7) is 0.289. The summed E-state index contributed by atoms with van der Waals surface area (Å²) in [4.78, 5) is 22.8. The SMILES string of the molecule is O=C(CC1C=CCC1)NCC1(C(=O)O)CCC1. The molecule has 1 amide bonds. The molecular weight excluding hydrogens is 218 g/mol. The highest BCUT2D eigenvalue weighted by Gasteiger charge is 2.44. The van der Waals surface area contributed by atoms with E-state index in [1.54, 1.807) is 0 Å². The first-order valence-electron chi connectivity index (χ1n) is 6.29. The van der Waals surface area contributed by atoms with Crippen molar-refractivity contribution in [3.8, 4) is 0 Å². The highest BCUT2D eigenvalue weighted by molar-refractivity contribution is 5.79. The van der Waals surface area contributed by atoms with E-state index in [1.807, 2.05) is 0 Å². The minimum absolute atomic E-state index is 0.0194. The Morgan fingerprint density at radius 2 is 2.18 bits per heavy atom. The number of carboxylic acids is 1. The predicted octanol–water partition coefficient (Wildman–Crippen LogP) is 1.71. The fraction of sp³-hybridized carbons (Fsp3) is 0.692. The third-order valence-corrected chi connectivity index (χ3v) is 3.95. The zero-order chi connectivity index (χ0) is 12.3. The van der Waals surface area contributed by atoms with Crippen molar-refractivity contribution in [1.82, 2.24) is 5.32 Å². The van der Waals surface area contributed by atoms with Crippen molar-refractivity contribution in [2.75, 3.05) is 6.54 Å². The van der Waals surface area contributed by atoms with E-state index in [1.165, 1.54) is 0 Å². The lowest BCUT2D eigenvalue weighted by Crippen LogP contribution is -2.47. The fourth-order valence-corrected chi connectivity index (χ4v) is 2.51. The zero-order valence-electron chi connectivity index (χ0n) is 9.95. The number of amides is 1. The second kappa shape index (κ2) is 4.90. The summed E-state index contributed by atoms with van der Waals surface area (Å²) in [5, 5.41) is 11.9. The van der Waals surface area contributed by atoms with Gasteiger partial charge < -0.3 is 10.4 Å². The molecule has 0 aromatic rings. The first kappa shape index (κ1) is 12.1. The lowest BCUT2D eigenvalue weighted by molar-refractivity contribution is -0.154. The van der Waals surface area contributed by atoms with E-state index < -0.39 is 11.4 Å². The molecule has 1 unspecified atom stereocenters. The van der Waals surface area contributed by atoms with Crippen LogP contribution in [0.4, 0.5) is 0 Å². The molecule has 94 valence electrons. The van der Waals surface area contributed by atoms with Gasteiger partial charge in [-0.1, -0.05) is 18.6 Å². The molecule has 17 heavy (non-hydrogen) atoms. The Hall–Kier alpha value is -1.32. The Morgan fingerprint density at radius 1 is 1.41 bits per heavy atom. The topological polar surface area (TPSA) is 66.4 Å². The molecule has 0 spiro atoms. The summed E-state index contributed by atoms with van der Waals surface area (Å²) in [5.41, 5.74) is -0.679. The lowest BCUT2D eigenvalue weighted by Gasteiger charge is -2.37. The fourth-order valence-electron chi connectivity index (χ4n) is 2.51. The number of aliphatic carboxylic acids is 1. The monoisotopic (exact) mass is 237 g/mol. The standard InChI is InChI=1S/C13H19NO3/c15-11(8-10-4-1-2-5-10)14-9-13(12(16)17)6-3-7-13/h1,4,10H,2-3,5-9H2,(H,14,15)(H,16,17). The van der Waals surface area contributed by atoms with Gasteiger partial charge in [0.25, 0.3) is 0 Å². The number of rotatable bonds is 5. The van der Waals surface area contributed by atoms with E-state index in [0.717, 1.165) is 19.3 Å². The van der Waals surface area contributed by atoms with E-state index in [-0.39, 0.29) is 12.5 Å². The van der Waals surface area contributed by atoms with Crippen LogP contribution in [0.2, 0.25) is 0 Å². The Bertz CT molecular complexity index is 345. The lowest BCUT2D eigenvalue weighted by atomic mass is 9.69. The largest absolute Gasteiger partial charge is 0.481 e. The summed E-state index contributed by atoms with van der Waals surface area (Å²) >= 11 is 0. The van der Waals surface area contributed by atoms with Gasteiger partial charge in [0.05, 0.1) is 5.41 Å². The number of carbonyl (C=O) groups excluding carboxylic acids is 1. The van der Waals surface area contributed by atoms with Crippen LogP contribution >= 0.6 is 0 Å². The molecule has 1 atom stereocenters. The molecule has 2 rings (SSSR count). The molecule has 4 nitrogen and oxygen atoms in total. The van der Waals surface area contributed by atoms with Crippen LogP contribution in [0.5, 0.6) is 0 Å². The van der Waals surface area contributed by atoms with Crippen LogP contribution < -0.4 is 5.32 Å². The quantitative estimate of drug-likeness (QED) is 0.715. The van der Waals surface area contributed by atoms with Crippen LogP contribution in [-0.2, 0) is 9.59 Å². The summed E-state index contributed by atoms with van der Waals surface area (Å²) in [6, 6.07) is 0. The maximum absolute atomic E-state index is 11.7. The van der Waals surface area contributed by atoms with Gasteiger partial charge in [0.2, 0.25) is 5.91 Å². The molecule has 0 heterocycles. The number of nitrogens with one attached hydrogen (secondary N) is 1. The van der Waals surface area contributed by atoms with Crippen molar-refractivity contribution in [2.24, 2.45) is 11.3 Å². The number of allylic oxidation sites excluding steroid dienone is 2. The Balaban J connectivity index is 1.75. The number of carboxylic acid groups (broad SMARTS) is 1. The van der Waals surface area contributed by atoms with Crippen molar-refractivity contribution >= 4 is 11.9 Å². The normalized spacial score (nSPS) is 25.3. The van der Waals surface area contributed by atoms with E-state index >= 15 is 0 Å². The van der Waals surface area contributed by atoms with Crippen molar-refractivity contribution < 1.29 is 14.7 Å². The average Bonchev–Trinajstić information content (AvgIpc) is 2.68. The van der Waals surface area contributed by atoms with Gasteiger partial charge in [-0.15, -0.1) is 0 Å². The minimum atomic E-state index is -0.773. The van der Waals surface area contributed by atoms with Gasteiger partial charge in [0.15, 0.2) is 0 Å². The molecule has 1 saturated carbocycles. The van der Waals surface area contributed by atoms with E-state index in [9.17, 15) is 9.59 Å². The van der Waals surface area contributed by atoms with Gasteiger partial charge >= 0.3 is 5.97 Å². The molecule has 0 aromatic carbocycles. The van der Waals surface area contributed by atoms with Crippen molar-refractivity contribution in [3.63, 3.8) is 0 Å². The Morgan fingerprint density at radius 3 is 2.65 bits per heavy atom. The van der Waals surface area contributed by atoms with E-state index in [0.29, 0.717) is 25.2 Å². The van der Waals surface area contributed by atoms with Gasteiger partial charge in [-0.05, 0) is 31.6 Å². The minimum Gasteiger partial charge on any atom is -0.481 e. The highest BCUT2D eigenvalue weighted by atomic mass is 16.4. The maximum Gasteiger partial charge on any atom is 0.311 e. The molecule has 0 radical (unpaired) electrons. The van der Waals surface area contributed by atoms with Gasteiger partial charge in [-0.3, -0.25) is 9.59 Å². The highest BCUT2D eigenvalue weighted by Crippen LogP contribution is 2.40. The predicted molar refractivity (Wildman–Crippen MR) is 63.4 cm³/mol. The average molecular weight is 237 g/mol. The number of carbonyl (C=O) groups is 2. The summed E-state index contributed by atoms with van der Waals surface area (Å²) in [7, 11) is 0. The van der Waals surface area contributed by atoms with E-state index in [4.69, 9.17) is 5.11 Å². The summed E-state index contributed by atoms with van der Waals surface area (Å²) < 4.78 is 0. The molecule has 1 fully saturated rings. The molecule has 0 aliphatic heterocycles. The van der Waals surface area contributed by atoms with Crippen LogP contribution in [0.25, 0.3) is 0 Å². The summed E-state index contributed by atoms with van der Waals surface area (Å²) in [5.74, 6) is -0.448. The first-order valence-corrected chi connectivity index (χ1v) is 6.29. The smallest absolute Gasteiger partial charge is 0.311 e. The molecule has 2 aliphatic carbocycles. The third kappa shape index (κ3) is 2.68. The summed E-state index contributed by atoms with van der Waals surface area (Å²) in [6.07, 6.45) is 9.09. The van der Waals surface area contributed by atoms with Crippen LogP contribution in [0.15, 0.2) is 12.2 Å².